The summed E-state index contributed by atoms with van der Waals surface area (Å²) in [6.07, 6.45) is 6.86. The first-order chi connectivity index (χ1) is 11.3. The number of aryl methyl sites for hydroxylation is 1. The zero-order valence-corrected chi connectivity index (χ0v) is 13.0. The summed E-state index contributed by atoms with van der Waals surface area (Å²) in [5.41, 5.74) is 4.82. The first-order valence-corrected chi connectivity index (χ1v) is 7.93. The second-order valence-corrected chi connectivity index (χ2v) is 6.00. The molecule has 0 saturated carbocycles. The van der Waals surface area contributed by atoms with Crippen molar-refractivity contribution in [2.24, 2.45) is 0 Å². The predicted molar refractivity (Wildman–Crippen MR) is 88.9 cm³/mol. The molecular weight excluding hydrogens is 288 g/mol. The maximum Gasteiger partial charge on any atom is 0.312 e. The van der Waals surface area contributed by atoms with Gasteiger partial charge in [-0.1, -0.05) is 30.4 Å². The second-order valence-electron chi connectivity index (χ2n) is 6.00. The van der Waals surface area contributed by atoms with Crippen LogP contribution in [0.1, 0.15) is 41.0 Å². The van der Waals surface area contributed by atoms with Crippen LogP contribution in [0, 0.1) is 0 Å². The number of esters is 1. The lowest BCUT2D eigenvalue weighted by molar-refractivity contribution is -0.135. The zero-order chi connectivity index (χ0) is 15.8. The monoisotopic (exact) mass is 306 g/mol. The lowest BCUT2D eigenvalue weighted by Gasteiger charge is -2.29. The zero-order valence-electron chi connectivity index (χ0n) is 13.0. The summed E-state index contributed by atoms with van der Waals surface area (Å²) in [6, 6.07) is 12.0. The van der Waals surface area contributed by atoms with Crippen molar-refractivity contribution in [1.29, 1.82) is 0 Å². The number of hydrogen-bond donors (Lipinski definition) is 0. The van der Waals surface area contributed by atoms with E-state index in [0.717, 1.165) is 29.7 Å². The van der Waals surface area contributed by atoms with Crippen LogP contribution in [0.15, 0.2) is 42.5 Å². The van der Waals surface area contributed by atoms with Crippen LogP contribution in [0.3, 0.4) is 0 Å². The molecule has 2 aromatic rings. The number of carbonyl (C=O) groups is 1. The van der Waals surface area contributed by atoms with E-state index >= 15 is 0 Å². The summed E-state index contributed by atoms with van der Waals surface area (Å²) in [4.78, 5) is 12.0. The Morgan fingerprint density at radius 1 is 1.13 bits per heavy atom. The first kappa shape index (κ1) is 14.1. The maximum absolute atomic E-state index is 12.0. The third-order valence-corrected chi connectivity index (χ3v) is 4.66. The number of fused-ring (bicyclic) bond motifs is 3. The van der Waals surface area contributed by atoms with Crippen LogP contribution in [-0.4, -0.2) is 13.1 Å². The molecule has 3 heteroatoms. The van der Waals surface area contributed by atoms with E-state index < -0.39 is 0 Å². The van der Waals surface area contributed by atoms with Crippen LogP contribution in [0.5, 0.6) is 11.5 Å². The van der Waals surface area contributed by atoms with Gasteiger partial charge in [-0.05, 0) is 47.7 Å². The molecular formula is C20H18O3. The molecule has 2 aliphatic rings. The Morgan fingerprint density at radius 2 is 1.96 bits per heavy atom. The molecule has 1 atom stereocenters. The summed E-state index contributed by atoms with van der Waals surface area (Å²) >= 11 is 0. The van der Waals surface area contributed by atoms with Gasteiger partial charge < -0.3 is 9.47 Å². The van der Waals surface area contributed by atoms with Crippen molar-refractivity contribution >= 4 is 12.0 Å². The molecule has 0 N–H and O–H groups in total. The van der Waals surface area contributed by atoms with Crippen molar-refractivity contribution in [2.75, 3.05) is 7.11 Å². The van der Waals surface area contributed by atoms with Crippen molar-refractivity contribution in [3.05, 3.63) is 64.7 Å². The van der Waals surface area contributed by atoms with Crippen LogP contribution in [0.2, 0.25) is 0 Å². The number of methoxy groups -OCH3 is 1. The maximum atomic E-state index is 12.0. The molecule has 0 bridgehead atoms. The predicted octanol–water partition coefficient (Wildman–Crippen LogP) is 4.10. The van der Waals surface area contributed by atoms with E-state index in [-0.39, 0.29) is 11.9 Å². The summed E-state index contributed by atoms with van der Waals surface area (Å²) in [5.74, 6) is 1.39. The van der Waals surface area contributed by atoms with Gasteiger partial charge >= 0.3 is 5.97 Å². The third-order valence-electron chi connectivity index (χ3n) is 4.66. The van der Waals surface area contributed by atoms with Gasteiger partial charge in [-0.15, -0.1) is 0 Å². The number of ether oxygens (including phenoxy) is 2. The Bertz CT molecular complexity index is 787. The molecule has 1 aliphatic heterocycles. The number of allylic oxidation sites excluding steroid dienone is 1. The van der Waals surface area contributed by atoms with E-state index in [2.05, 4.69) is 18.2 Å². The number of rotatable bonds is 2. The molecule has 4 rings (SSSR count). The summed E-state index contributed by atoms with van der Waals surface area (Å²) in [6.45, 7) is 0. The molecule has 0 spiro atoms. The summed E-state index contributed by atoms with van der Waals surface area (Å²) < 4.78 is 10.7. The minimum absolute atomic E-state index is 0.0369. The van der Waals surface area contributed by atoms with E-state index in [4.69, 9.17) is 9.47 Å². The lowest BCUT2D eigenvalue weighted by Crippen LogP contribution is -2.22. The van der Waals surface area contributed by atoms with Crippen molar-refractivity contribution < 1.29 is 14.3 Å². The minimum atomic E-state index is -0.168. The van der Waals surface area contributed by atoms with Crippen LogP contribution < -0.4 is 9.47 Å². The molecule has 0 aromatic heterocycles. The average molecular weight is 306 g/mol. The topological polar surface area (TPSA) is 35.5 Å². The fourth-order valence-electron chi connectivity index (χ4n) is 3.52. The normalized spacial score (nSPS) is 18.8. The highest BCUT2D eigenvalue weighted by molar-refractivity contribution is 5.80. The smallest absolute Gasteiger partial charge is 0.312 e. The number of carbonyl (C=O) groups excluding carboxylic acids is 1. The quantitative estimate of drug-likeness (QED) is 0.619. The molecule has 3 nitrogen and oxygen atoms in total. The van der Waals surface area contributed by atoms with Crippen LogP contribution in [0.4, 0.5) is 0 Å². The number of benzene rings is 2. The molecule has 1 aliphatic carbocycles. The molecule has 2 aromatic carbocycles. The van der Waals surface area contributed by atoms with Gasteiger partial charge in [-0.2, -0.15) is 0 Å². The van der Waals surface area contributed by atoms with E-state index in [0.29, 0.717) is 12.2 Å². The fraction of sp³-hybridized carbons (Fsp3) is 0.250. The molecule has 116 valence electrons. The largest absolute Gasteiger partial charge is 0.497 e. The van der Waals surface area contributed by atoms with Crippen molar-refractivity contribution in [1.82, 2.24) is 0 Å². The summed E-state index contributed by atoms with van der Waals surface area (Å²) in [5, 5.41) is 0. The van der Waals surface area contributed by atoms with Crippen LogP contribution in [0.25, 0.3) is 6.08 Å². The Labute approximate surface area is 135 Å². The van der Waals surface area contributed by atoms with Gasteiger partial charge in [0.2, 0.25) is 0 Å². The van der Waals surface area contributed by atoms with E-state index in [1.807, 2.05) is 30.3 Å². The van der Waals surface area contributed by atoms with Crippen molar-refractivity contribution in [2.45, 2.75) is 25.2 Å². The second kappa shape index (κ2) is 5.58. The number of hydrogen-bond acceptors (Lipinski definition) is 3. The van der Waals surface area contributed by atoms with Gasteiger partial charge in [-0.25, -0.2) is 0 Å². The average Bonchev–Trinajstić information content (AvgIpc) is 2.60. The van der Waals surface area contributed by atoms with E-state index in [1.54, 1.807) is 7.11 Å². The lowest BCUT2D eigenvalue weighted by atomic mass is 9.80. The van der Waals surface area contributed by atoms with Crippen LogP contribution >= 0.6 is 0 Å². The molecule has 0 fully saturated rings. The Balaban J connectivity index is 1.86. The van der Waals surface area contributed by atoms with E-state index in [1.165, 1.54) is 11.1 Å². The Hall–Kier alpha value is -2.55. The van der Waals surface area contributed by atoms with Gasteiger partial charge in [-0.3, -0.25) is 4.79 Å². The minimum Gasteiger partial charge on any atom is -0.497 e. The molecule has 1 unspecified atom stereocenters. The van der Waals surface area contributed by atoms with Gasteiger partial charge in [0.15, 0.2) is 0 Å². The molecule has 23 heavy (non-hydrogen) atoms. The third kappa shape index (κ3) is 2.42. The molecule has 0 radical (unpaired) electrons. The molecule has 1 heterocycles. The first-order valence-electron chi connectivity index (χ1n) is 7.93. The highest BCUT2D eigenvalue weighted by Crippen LogP contribution is 2.43. The van der Waals surface area contributed by atoms with Crippen molar-refractivity contribution in [3.8, 4) is 11.5 Å². The highest BCUT2D eigenvalue weighted by atomic mass is 16.5. The molecule has 0 amide bonds. The fourth-order valence-corrected chi connectivity index (χ4v) is 3.52. The summed E-state index contributed by atoms with van der Waals surface area (Å²) in [7, 11) is 1.66. The molecule has 0 saturated heterocycles. The van der Waals surface area contributed by atoms with Crippen LogP contribution in [-0.2, 0) is 11.2 Å². The van der Waals surface area contributed by atoms with Gasteiger partial charge in [0.05, 0.1) is 13.5 Å². The van der Waals surface area contributed by atoms with Gasteiger partial charge in [0.1, 0.15) is 11.5 Å². The SMILES string of the molecule is COc1ccc(C2CC(=O)Oc3ccc4c(c32)C=CCC4)cc1. The Kier molecular flexibility index (Phi) is 3.41. The highest BCUT2D eigenvalue weighted by Gasteiger charge is 2.31. The van der Waals surface area contributed by atoms with E-state index in [9.17, 15) is 4.79 Å². The van der Waals surface area contributed by atoms with Gasteiger partial charge in [0, 0.05) is 11.5 Å². The van der Waals surface area contributed by atoms with Crippen molar-refractivity contribution in [3.63, 3.8) is 0 Å². The van der Waals surface area contributed by atoms with Gasteiger partial charge in [0.25, 0.3) is 0 Å². The Morgan fingerprint density at radius 3 is 2.74 bits per heavy atom. The standard InChI is InChI=1S/C20H18O3/c1-22-15-9-6-14(7-10-15)17-12-19(21)23-18-11-8-13-4-2-3-5-16(13)20(17)18/h3,5-11,17H,2,4,12H2,1H3.